The molecule has 5 nitrogen and oxygen atoms in total. The zero-order chi connectivity index (χ0) is 18.7. The first-order valence-corrected chi connectivity index (χ1v) is 8.15. The molecule has 138 valence electrons. The molecule has 0 aromatic heterocycles. The predicted octanol–water partition coefficient (Wildman–Crippen LogP) is 3.47. The molecule has 0 fully saturated rings. The lowest BCUT2D eigenvalue weighted by Gasteiger charge is -2.33. The number of hydrogen-bond acceptors (Lipinski definition) is 4. The Hall–Kier alpha value is -2.83. The van der Waals surface area contributed by atoms with Crippen molar-refractivity contribution in [2.24, 2.45) is 0 Å². The van der Waals surface area contributed by atoms with E-state index in [1.165, 1.54) is 17.0 Å². The van der Waals surface area contributed by atoms with Crippen LogP contribution in [0.5, 0.6) is 17.2 Å². The quantitative estimate of drug-likeness (QED) is 0.816. The van der Waals surface area contributed by atoms with Crippen LogP contribution in [0, 0.1) is 0 Å². The lowest BCUT2D eigenvalue weighted by atomic mass is 10.1. The van der Waals surface area contributed by atoms with Gasteiger partial charge in [-0.1, -0.05) is 24.3 Å². The summed E-state index contributed by atoms with van der Waals surface area (Å²) in [5.74, 6) is 0.999. The van der Waals surface area contributed by atoms with Gasteiger partial charge < -0.3 is 19.1 Å². The van der Waals surface area contributed by atoms with Crippen LogP contribution in [0.4, 0.5) is 8.78 Å². The fourth-order valence-electron chi connectivity index (χ4n) is 2.74. The monoisotopic (exact) mass is 363 g/mol. The van der Waals surface area contributed by atoms with E-state index in [1.807, 2.05) is 12.1 Å². The maximum atomic E-state index is 12.7. The van der Waals surface area contributed by atoms with Crippen LogP contribution in [-0.4, -0.2) is 36.7 Å². The lowest BCUT2D eigenvalue weighted by Crippen LogP contribution is -2.49. The topological polar surface area (TPSA) is 48.0 Å². The first-order valence-electron chi connectivity index (χ1n) is 8.15. The van der Waals surface area contributed by atoms with Crippen molar-refractivity contribution in [1.82, 2.24) is 4.90 Å². The Bertz CT molecular complexity index is 766. The van der Waals surface area contributed by atoms with Gasteiger partial charge in [0.25, 0.3) is 5.91 Å². The van der Waals surface area contributed by atoms with E-state index in [1.54, 1.807) is 38.2 Å². The SMILES string of the molecule is CC1Oc2ccccc2OC1C(=O)N(C)Cc1ccc(OC(F)F)cc1. The van der Waals surface area contributed by atoms with Crippen LogP contribution in [0.15, 0.2) is 48.5 Å². The molecule has 26 heavy (non-hydrogen) atoms. The Morgan fingerprint density at radius 2 is 1.73 bits per heavy atom. The lowest BCUT2D eigenvalue weighted by molar-refractivity contribution is -0.143. The van der Waals surface area contributed by atoms with Crippen LogP contribution in [0.25, 0.3) is 0 Å². The van der Waals surface area contributed by atoms with E-state index in [2.05, 4.69) is 4.74 Å². The third kappa shape index (κ3) is 4.04. The molecule has 0 saturated carbocycles. The fourth-order valence-corrected chi connectivity index (χ4v) is 2.74. The number of carbonyl (C=O) groups is 1. The van der Waals surface area contributed by atoms with Gasteiger partial charge in [-0.2, -0.15) is 8.78 Å². The molecule has 0 radical (unpaired) electrons. The van der Waals surface area contributed by atoms with E-state index < -0.39 is 18.8 Å². The Balaban J connectivity index is 1.64. The highest BCUT2D eigenvalue weighted by Gasteiger charge is 2.35. The molecule has 1 aliphatic heterocycles. The molecule has 0 bridgehead atoms. The van der Waals surface area contributed by atoms with Crippen LogP contribution in [0.2, 0.25) is 0 Å². The summed E-state index contributed by atoms with van der Waals surface area (Å²) < 4.78 is 40.2. The van der Waals surface area contributed by atoms with Gasteiger partial charge in [-0.25, -0.2) is 0 Å². The summed E-state index contributed by atoms with van der Waals surface area (Å²) in [6, 6.07) is 13.4. The van der Waals surface area contributed by atoms with Crippen molar-refractivity contribution < 1.29 is 27.8 Å². The minimum absolute atomic E-state index is 0.0759. The van der Waals surface area contributed by atoms with Crippen molar-refractivity contribution in [2.75, 3.05) is 7.05 Å². The molecule has 2 aromatic rings. The Morgan fingerprint density at radius 1 is 1.12 bits per heavy atom. The minimum atomic E-state index is -2.86. The van der Waals surface area contributed by atoms with Gasteiger partial charge in [0.15, 0.2) is 11.5 Å². The molecule has 0 spiro atoms. The number of nitrogens with zero attached hydrogens (tertiary/aromatic N) is 1. The highest BCUT2D eigenvalue weighted by Crippen LogP contribution is 2.33. The minimum Gasteiger partial charge on any atom is -0.482 e. The number of benzene rings is 2. The van der Waals surface area contributed by atoms with Gasteiger partial charge in [0.1, 0.15) is 11.9 Å². The van der Waals surface area contributed by atoms with Gasteiger partial charge in [-0.3, -0.25) is 4.79 Å². The summed E-state index contributed by atoms with van der Waals surface area (Å²) >= 11 is 0. The molecular weight excluding hydrogens is 344 g/mol. The third-order valence-corrected chi connectivity index (χ3v) is 4.03. The highest BCUT2D eigenvalue weighted by molar-refractivity contribution is 5.82. The second kappa shape index (κ2) is 7.59. The van der Waals surface area contributed by atoms with Crippen LogP contribution in [0.1, 0.15) is 12.5 Å². The summed E-state index contributed by atoms with van der Waals surface area (Å²) in [7, 11) is 1.66. The van der Waals surface area contributed by atoms with Crippen molar-refractivity contribution in [3.63, 3.8) is 0 Å². The average Bonchev–Trinajstić information content (AvgIpc) is 2.61. The molecule has 0 aliphatic carbocycles. The molecule has 0 N–H and O–H groups in total. The number of para-hydroxylation sites is 2. The van der Waals surface area contributed by atoms with Crippen LogP contribution < -0.4 is 14.2 Å². The van der Waals surface area contributed by atoms with Crippen molar-refractivity contribution in [3.05, 3.63) is 54.1 Å². The van der Waals surface area contributed by atoms with Gasteiger partial charge in [-0.05, 0) is 36.8 Å². The molecule has 1 heterocycles. The number of amides is 1. The Morgan fingerprint density at radius 3 is 2.35 bits per heavy atom. The molecule has 7 heteroatoms. The zero-order valence-corrected chi connectivity index (χ0v) is 14.4. The highest BCUT2D eigenvalue weighted by atomic mass is 19.3. The first kappa shape index (κ1) is 18.0. The molecule has 2 aromatic carbocycles. The molecule has 3 rings (SSSR count). The smallest absolute Gasteiger partial charge is 0.387 e. The summed E-state index contributed by atoms with van der Waals surface area (Å²) in [6.07, 6.45) is -1.18. The molecular formula is C19H19F2NO4. The van der Waals surface area contributed by atoms with Crippen LogP contribution in [-0.2, 0) is 11.3 Å². The van der Waals surface area contributed by atoms with Crippen molar-refractivity contribution in [2.45, 2.75) is 32.3 Å². The van der Waals surface area contributed by atoms with E-state index in [0.717, 1.165) is 5.56 Å². The number of fused-ring (bicyclic) bond motifs is 1. The number of carbonyl (C=O) groups excluding carboxylic acids is 1. The Kier molecular flexibility index (Phi) is 5.25. The molecule has 0 saturated heterocycles. The standard InChI is InChI=1S/C19H19F2NO4/c1-12-17(26-16-6-4-3-5-15(16)24-12)18(23)22(2)11-13-7-9-14(10-8-13)25-19(20)21/h3-10,12,17,19H,11H2,1-2H3. The summed E-state index contributed by atoms with van der Waals surface area (Å²) in [4.78, 5) is 14.2. The van der Waals surface area contributed by atoms with Crippen LogP contribution >= 0.6 is 0 Å². The third-order valence-electron chi connectivity index (χ3n) is 4.03. The van der Waals surface area contributed by atoms with Gasteiger partial charge >= 0.3 is 6.61 Å². The van der Waals surface area contributed by atoms with E-state index in [9.17, 15) is 13.6 Å². The number of likely N-dealkylation sites (N-methyl/N-ethyl adjacent to an activating group) is 1. The van der Waals surface area contributed by atoms with E-state index in [0.29, 0.717) is 18.0 Å². The predicted molar refractivity (Wildman–Crippen MR) is 90.5 cm³/mol. The number of ether oxygens (including phenoxy) is 3. The summed E-state index contributed by atoms with van der Waals surface area (Å²) in [6.45, 7) is -0.775. The van der Waals surface area contributed by atoms with Crippen molar-refractivity contribution in [1.29, 1.82) is 0 Å². The molecule has 2 atom stereocenters. The second-order valence-corrected chi connectivity index (χ2v) is 6.02. The van der Waals surface area contributed by atoms with Crippen molar-refractivity contribution >= 4 is 5.91 Å². The van der Waals surface area contributed by atoms with E-state index in [-0.39, 0.29) is 11.7 Å². The second-order valence-electron chi connectivity index (χ2n) is 6.02. The zero-order valence-electron chi connectivity index (χ0n) is 14.4. The van der Waals surface area contributed by atoms with E-state index in [4.69, 9.17) is 9.47 Å². The first-order chi connectivity index (χ1) is 12.4. The summed E-state index contributed by atoms with van der Waals surface area (Å²) in [5, 5.41) is 0. The number of hydrogen-bond donors (Lipinski definition) is 0. The van der Waals surface area contributed by atoms with Gasteiger partial charge in [0.05, 0.1) is 0 Å². The number of rotatable bonds is 5. The molecule has 1 aliphatic rings. The average molecular weight is 363 g/mol. The van der Waals surface area contributed by atoms with Gasteiger partial charge in [-0.15, -0.1) is 0 Å². The fraction of sp³-hybridized carbons (Fsp3) is 0.316. The van der Waals surface area contributed by atoms with E-state index >= 15 is 0 Å². The number of halogens is 2. The van der Waals surface area contributed by atoms with Crippen LogP contribution in [0.3, 0.4) is 0 Å². The normalized spacial score (nSPS) is 18.5. The Labute approximate surface area is 150 Å². The van der Waals surface area contributed by atoms with Gasteiger partial charge in [0.2, 0.25) is 6.10 Å². The molecule has 2 unspecified atom stereocenters. The number of alkyl halides is 2. The molecule has 1 amide bonds. The van der Waals surface area contributed by atoms with Gasteiger partial charge in [0, 0.05) is 13.6 Å². The maximum absolute atomic E-state index is 12.7. The largest absolute Gasteiger partial charge is 0.482 e. The maximum Gasteiger partial charge on any atom is 0.387 e. The summed E-state index contributed by atoms with van der Waals surface area (Å²) in [5.41, 5.74) is 0.784. The van der Waals surface area contributed by atoms with Crippen molar-refractivity contribution in [3.8, 4) is 17.2 Å².